The monoisotopic (exact) mass is 238 g/mol. The predicted molar refractivity (Wildman–Crippen MR) is 58.9 cm³/mol. The van der Waals surface area contributed by atoms with E-state index in [0.717, 1.165) is 6.42 Å². The number of H-pyrrole nitrogens is 1. The molecule has 0 bridgehead atoms. The molecule has 0 saturated carbocycles. The number of carbonyl (C=O) groups excluding carboxylic acids is 2. The highest BCUT2D eigenvalue weighted by atomic mass is 16.2. The summed E-state index contributed by atoms with van der Waals surface area (Å²) in [6.07, 6.45) is 1.46. The van der Waals surface area contributed by atoms with E-state index in [4.69, 9.17) is 5.73 Å². The van der Waals surface area contributed by atoms with Gasteiger partial charge in [0.25, 0.3) is 5.91 Å². The van der Waals surface area contributed by atoms with Crippen LogP contribution in [0.5, 0.6) is 0 Å². The van der Waals surface area contributed by atoms with E-state index in [1.807, 2.05) is 0 Å². The van der Waals surface area contributed by atoms with Crippen molar-refractivity contribution < 1.29 is 9.59 Å². The van der Waals surface area contributed by atoms with E-state index in [0.29, 0.717) is 13.0 Å². The first-order valence-electron chi connectivity index (χ1n) is 5.34. The lowest BCUT2D eigenvalue weighted by Crippen LogP contribution is -2.45. The number of hydrogen-bond acceptors (Lipinski definition) is 5. The van der Waals surface area contributed by atoms with Gasteiger partial charge in [-0.1, -0.05) is 0 Å². The van der Waals surface area contributed by atoms with Gasteiger partial charge in [-0.25, -0.2) is 0 Å². The smallest absolute Gasteiger partial charge is 0.291 e. The molecule has 0 aromatic carbocycles. The molecule has 2 amide bonds. The van der Waals surface area contributed by atoms with Crippen LogP contribution in [0, 0.1) is 0 Å². The molecule has 8 heteroatoms. The highest BCUT2D eigenvalue weighted by Gasteiger charge is 2.35. The Morgan fingerprint density at radius 2 is 2.35 bits per heavy atom. The van der Waals surface area contributed by atoms with Crippen LogP contribution in [0.2, 0.25) is 0 Å². The summed E-state index contributed by atoms with van der Waals surface area (Å²) in [5, 5.41) is 8.59. The fourth-order valence-electron chi connectivity index (χ4n) is 1.96. The largest absolute Gasteiger partial charge is 0.366 e. The fraction of sp³-hybridized carbons (Fsp3) is 0.556. The van der Waals surface area contributed by atoms with Gasteiger partial charge < -0.3 is 16.0 Å². The average molecular weight is 238 g/mol. The number of rotatable bonds is 2. The van der Waals surface area contributed by atoms with E-state index in [2.05, 4.69) is 20.5 Å². The Labute approximate surface area is 97.6 Å². The molecule has 1 aromatic rings. The number of carbonyl (C=O) groups is 2. The number of amides is 2. The van der Waals surface area contributed by atoms with Crippen LogP contribution in [0.25, 0.3) is 0 Å². The minimum absolute atomic E-state index is 0.0176. The first kappa shape index (κ1) is 11.4. The molecular weight excluding hydrogens is 224 g/mol. The van der Waals surface area contributed by atoms with Crippen LogP contribution in [-0.4, -0.2) is 51.5 Å². The van der Waals surface area contributed by atoms with Crippen molar-refractivity contribution in [2.24, 2.45) is 0 Å². The van der Waals surface area contributed by atoms with Crippen molar-refractivity contribution in [3.63, 3.8) is 0 Å². The van der Waals surface area contributed by atoms with Crippen LogP contribution >= 0.6 is 0 Å². The van der Waals surface area contributed by atoms with Gasteiger partial charge in [-0.2, -0.15) is 4.98 Å². The summed E-state index contributed by atoms with van der Waals surface area (Å²) >= 11 is 0. The van der Waals surface area contributed by atoms with Gasteiger partial charge in [0.2, 0.25) is 17.7 Å². The summed E-state index contributed by atoms with van der Waals surface area (Å²) < 4.78 is 0. The van der Waals surface area contributed by atoms with E-state index in [1.54, 1.807) is 7.05 Å². The fourth-order valence-corrected chi connectivity index (χ4v) is 1.96. The van der Waals surface area contributed by atoms with Crippen LogP contribution in [0.4, 0.5) is 5.95 Å². The zero-order chi connectivity index (χ0) is 12.4. The van der Waals surface area contributed by atoms with Crippen LogP contribution in [-0.2, 0) is 4.79 Å². The average Bonchev–Trinajstić information content (AvgIpc) is 2.95. The summed E-state index contributed by atoms with van der Waals surface area (Å²) in [4.78, 5) is 28.9. The lowest BCUT2D eigenvalue weighted by atomic mass is 10.2. The third-order valence-corrected chi connectivity index (χ3v) is 2.77. The molecule has 4 N–H and O–H groups in total. The zero-order valence-corrected chi connectivity index (χ0v) is 9.43. The van der Waals surface area contributed by atoms with Gasteiger partial charge in [-0.15, -0.1) is 5.10 Å². The Morgan fingerprint density at radius 1 is 1.59 bits per heavy atom. The molecular formula is C9H14N6O2. The quantitative estimate of drug-likeness (QED) is 0.594. The van der Waals surface area contributed by atoms with Crippen LogP contribution in [0.3, 0.4) is 0 Å². The van der Waals surface area contributed by atoms with Gasteiger partial charge in [0.05, 0.1) is 0 Å². The van der Waals surface area contributed by atoms with Gasteiger partial charge >= 0.3 is 0 Å². The van der Waals surface area contributed by atoms with E-state index >= 15 is 0 Å². The van der Waals surface area contributed by atoms with Crippen molar-refractivity contribution in [1.29, 1.82) is 0 Å². The second-order valence-electron chi connectivity index (χ2n) is 3.81. The topological polar surface area (TPSA) is 117 Å². The Hall–Kier alpha value is -2.12. The van der Waals surface area contributed by atoms with Gasteiger partial charge in [-0.3, -0.25) is 14.7 Å². The molecule has 1 saturated heterocycles. The van der Waals surface area contributed by atoms with E-state index < -0.39 is 6.04 Å². The summed E-state index contributed by atoms with van der Waals surface area (Å²) in [6.45, 7) is 0.539. The Kier molecular flexibility index (Phi) is 2.94. The van der Waals surface area contributed by atoms with Crippen molar-refractivity contribution in [3.05, 3.63) is 5.82 Å². The third kappa shape index (κ3) is 2.05. The van der Waals surface area contributed by atoms with E-state index in [-0.39, 0.29) is 23.6 Å². The number of aromatic amines is 1. The molecule has 0 aliphatic carbocycles. The maximum atomic E-state index is 12.0. The lowest BCUT2D eigenvalue weighted by molar-refractivity contribution is -0.124. The standard InChI is InChI=1S/C9H14N6O2/c1-11-7(16)5-3-2-4-15(5)8(17)6-12-9(10)14-13-6/h5H,2-4H2,1H3,(H,11,16)(H3,10,12,13,14). The molecule has 1 aliphatic rings. The second-order valence-corrected chi connectivity index (χ2v) is 3.81. The number of likely N-dealkylation sites (tertiary alicyclic amines) is 1. The number of anilines is 1. The summed E-state index contributed by atoms with van der Waals surface area (Å²) in [6, 6.07) is -0.432. The van der Waals surface area contributed by atoms with Crippen molar-refractivity contribution in [3.8, 4) is 0 Å². The number of aromatic nitrogens is 3. The molecule has 1 unspecified atom stereocenters. The summed E-state index contributed by atoms with van der Waals surface area (Å²) in [5.74, 6) is -0.425. The highest BCUT2D eigenvalue weighted by Crippen LogP contribution is 2.19. The molecule has 1 aliphatic heterocycles. The third-order valence-electron chi connectivity index (χ3n) is 2.77. The van der Waals surface area contributed by atoms with E-state index in [9.17, 15) is 9.59 Å². The van der Waals surface area contributed by atoms with Crippen LogP contribution in [0.1, 0.15) is 23.5 Å². The number of nitrogen functional groups attached to an aromatic ring is 1. The van der Waals surface area contributed by atoms with Gasteiger partial charge in [0, 0.05) is 13.6 Å². The molecule has 1 fully saturated rings. The number of likely N-dealkylation sites (N-methyl/N-ethyl adjacent to an activating group) is 1. The van der Waals surface area contributed by atoms with Gasteiger partial charge in [-0.05, 0) is 12.8 Å². The Balaban J connectivity index is 2.16. The summed E-state index contributed by atoms with van der Waals surface area (Å²) in [5.41, 5.74) is 5.33. The first-order chi connectivity index (χ1) is 8.13. The molecule has 2 heterocycles. The van der Waals surface area contributed by atoms with E-state index in [1.165, 1.54) is 4.90 Å². The summed E-state index contributed by atoms with van der Waals surface area (Å²) in [7, 11) is 1.55. The zero-order valence-electron chi connectivity index (χ0n) is 9.43. The molecule has 0 spiro atoms. The number of nitrogens with zero attached hydrogens (tertiary/aromatic N) is 3. The minimum atomic E-state index is -0.432. The minimum Gasteiger partial charge on any atom is -0.366 e. The molecule has 17 heavy (non-hydrogen) atoms. The lowest BCUT2D eigenvalue weighted by Gasteiger charge is -2.21. The van der Waals surface area contributed by atoms with Gasteiger partial charge in [0.15, 0.2) is 0 Å². The number of nitrogens with one attached hydrogen (secondary N) is 2. The maximum Gasteiger partial charge on any atom is 0.291 e. The maximum absolute atomic E-state index is 12.0. The number of nitrogens with two attached hydrogens (primary N) is 1. The number of hydrogen-bond donors (Lipinski definition) is 3. The molecule has 0 radical (unpaired) electrons. The first-order valence-corrected chi connectivity index (χ1v) is 5.34. The molecule has 8 nitrogen and oxygen atoms in total. The van der Waals surface area contributed by atoms with Gasteiger partial charge in [0.1, 0.15) is 6.04 Å². The Morgan fingerprint density at radius 3 is 2.94 bits per heavy atom. The van der Waals surface area contributed by atoms with Crippen molar-refractivity contribution >= 4 is 17.8 Å². The highest BCUT2D eigenvalue weighted by molar-refractivity contribution is 5.95. The second kappa shape index (κ2) is 4.40. The molecule has 1 atom stereocenters. The SMILES string of the molecule is CNC(=O)C1CCCN1C(=O)c1nc(N)n[nH]1. The molecule has 1 aromatic heterocycles. The normalized spacial score (nSPS) is 19.4. The van der Waals surface area contributed by atoms with Crippen LogP contribution < -0.4 is 11.1 Å². The predicted octanol–water partition coefficient (Wildman–Crippen LogP) is -1.26. The van der Waals surface area contributed by atoms with Crippen molar-refractivity contribution in [2.45, 2.75) is 18.9 Å². The van der Waals surface area contributed by atoms with Crippen molar-refractivity contribution in [2.75, 3.05) is 19.3 Å². The van der Waals surface area contributed by atoms with Crippen molar-refractivity contribution in [1.82, 2.24) is 25.4 Å². The van der Waals surface area contributed by atoms with Crippen LogP contribution in [0.15, 0.2) is 0 Å². The Bertz CT molecular complexity index is 442. The molecule has 92 valence electrons. The molecule has 2 rings (SSSR count).